The zero-order valence-electron chi connectivity index (χ0n) is 9.39. The summed E-state index contributed by atoms with van der Waals surface area (Å²) < 4.78 is 1.50. The molecule has 0 radical (unpaired) electrons. The van der Waals surface area contributed by atoms with Crippen LogP contribution >= 0.6 is 0 Å². The van der Waals surface area contributed by atoms with Crippen molar-refractivity contribution in [2.45, 2.75) is 18.9 Å². The third kappa shape index (κ3) is 1.88. The van der Waals surface area contributed by atoms with Crippen LogP contribution in [0.1, 0.15) is 23.2 Å². The number of amides is 1. The van der Waals surface area contributed by atoms with E-state index in [0.717, 1.165) is 12.8 Å². The first kappa shape index (κ1) is 10.9. The summed E-state index contributed by atoms with van der Waals surface area (Å²) in [5.74, 6) is 0.373. The number of aryl methyl sites for hydroxylation is 1. The first-order valence-electron chi connectivity index (χ1n) is 5.42. The van der Waals surface area contributed by atoms with Gasteiger partial charge in [0.05, 0.1) is 6.20 Å². The van der Waals surface area contributed by atoms with E-state index in [2.05, 4.69) is 5.10 Å². The van der Waals surface area contributed by atoms with Crippen LogP contribution in [0.25, 0.3) is 0 Å². The number of nitrogens with two attached hydrogens (primary N) is 2. The molecule has 0 spiro atoms. The molecule has 1 aromatic heterocycles. The van der Waals surface area contributed by atoms with Gasteiger partial charge in [-0.05, 0) is 12.8 Å². The van der Waals surface area contributed by atoms with Crippen LogP contribution in [0.5, 0.6) is 0 Å². The first-order chi connectivity index (χ1) is 7.59. The normalized spacial score (nSPS) is 17.8. The summed E-state index contributed by atoms with van der Waals surface area (Å²) in [6.45, 7) is 1.41. The Morgan fingerprint density at radius 3 is 2.62 bits per heavy atom. The van der Waals surface area contributed by atoms with Crippen LogP contribution in [0.2, 0.25) is 0 Å². The Labute approximate surface area is 94.2 Å². The van der Waals surface area contributed by atoms with E-state index in [1.807, 2.05) is 0 Å². The predicted octanol–water partition coefficient (Wildman–Crippen LogP) is -0.434. The molecule has 6 heteroatoms. The highest BCUT2D eigenvalue weighted by Gasteiger charge is 2.24. The standard InChI is InChI=1S/C10H17N5O/c1-14-9(12)8(6-13-14)10(16)15-4-2-7(11)3-5-15/h6-7H,2-5,11-12H2,1H3. The van der Waals surface area contributed by atoms with Gasteiger partial charge in [0.25, 0.3) is 5.91 Å². The molecule has 1 aliphatic rings. The fraction of sp³-hybridized carbons (Fsp3) is 0.600. The lowest BCUT2D eigenvalue weighted by atomic mass is 10.1. The minimum absolute atomic E-state index is 0.0440. The van der Waals surface area contributed by atoms with Crippen molar-refractivity contribution in [3.8, 4) is 0 Å². The second-order valence-corrected chi connectivity index (χ2v) is 4.20. The molecule has 1 fully saturated rings. The average Bonchev–Trinajstić information content (AvgIpc) is 2.60. The Morgan fingerprint density at radius 2 is 2.12 bits per heavy atom. The van der Waals surface area contributed by atoms with Gasteiger partial charge in [-0.15, -0.1) is 0 Å². The molecular formula is C10H17N5O. The van der Waals surface area contributed by atoms with Gasteiger partial charge < -0.3 is 16.4 Å². The van der Waals surface area contributed by atoms with Crippen LogP contribution in [-0.4, -0.2) is 39.7 Å². The number of anilines is 1. The maximum atomic E-state index is 12.1. The molecule has 0 aromatic carbocycles. The van der Waals surface area contributed by atoms with Gasteiger partial charge in [-0.2, -0.15) is 5.10 Å². The van der Waals surface area contributed by atoms with E-state index in [1.165, 1.54) is 10.9 Å². The lowest BCUT2D eigenvalue weighted by molar-refractivity contribution is 0.0716. The summed E-state index contributed by atoms with van der Waals surface area (Å²) in [7, 11) is 1.72. The summed E-state index contributed by atoms with van der Waals surface area (Å²) in [4.78, 5) is 13.9. The van der Waals surface area contributed by atoms with Crippen LogP contribution in [0.3, 0.4) is 0 Å². The molecule has 0 atom stereocenters. The second-order valence-electron chi connectivity index (χ2n) is 4.20. The van der Waals surface area contributed by atoms with Gasteiger partial charge in [0.15, 0.2) is 0 Å². The molecule has 1 amide bonds. The summed E-state index contributed by atoms with van der Waals surface area (Å²) >= 11 is 0. The largest absolute Gasteiger partial charge is 0.383 e. The van der Waals surface area contributed by atoms with E-state index in [4.69, 9.17) is 11.5 Å². The molecule has 0 unspecified atom stereocenters. The monoisotopic (exact) mass is 223 g/mol. The average molecular weight is 223 g/mol. The number of likely N-dealkylation sites (tertiary alicyclic amines) is 1. The molecule has 16 heavy (non-hydrogen) atoms. The molecule has 0 bridgehead atoms. The van der Waals surface area contributed by atoms with Crippen molar-refractivity contribution < 1.29 is 4.79 Å². The summed E-state index contributed by atoms with van der Waals surface area (Å²) in [6, 6.07) is 0.218. The number of hydrogen-bond acceptors (Lipinski definition) is 4. The Balaban J connectivity index is 2.11. The first-order valence-corrected chi connectivity index (χ1v) is 5.42. The molecule has 1 aliphatic heterocycles. The Morgan fingerprint density at radius 1 is 1.50 bits per heavy atom. The molecule has 6 nitrogen and oxygen atoms in total. The van der Waals surface area contributed by atoms with Crippen LogP contribution in [0, 0.1) is 0 Å². The van der Waals surface area contributed by atoms with Gasteiger partial charge in [-0.3, -0.25) is 9.48 Å². The molecule has 88 valence electrons. The third-order valence-electron chi connectivity index (χ3n) is 3.04. The van der Waals surface area contributed by atoms with Crippen LogP contribution in [0.4, 0.5) is 5.82 Å². The molecular weight excluding hydrogens is 206 g/mol. The van der Waals surface area contributed by atoms with Gasteiger partial charge in [-0.25, -0.2) is 0 Å². The zero-order valence-corrected chi connectivity index (χ0v) is 9.39. The number of piperidine rings is 1. The number of rotatable bonds is 1. The van der Waals surface area contributed by atoms with Crippen LogP contribution in [0.15, 0.2) is 6.20 Å². The van der Waals surface area contributed by atoms with Crippen molar-refractivity contribution >= 4 is 11.7 Å². The topological polar surface area (TPSA) is 90.2 Å². The van der Waals surface area contributed by atoms with Gasteiger partial charge in [-0.1, -0.05) is 0 Å². The molecule has 2 rings (SSSR count). The Bertz CT molecular complexity index is 392. The van der Waals surface area contributed by atoms with Gasteiger partial charge in [0.2, 0.25) is 0 Å². The second kappa shape index (κ2) is 4.13. The Hall–Kier alpha value is -1.56. The number of carbonyl (C=O) groups excluding carboxylic acids is 1. The van der Waals surface area contributed by atoms with Crippen molar-refractivity contribution in [2.75, 3.05) is 18.8 Å². The predicted molar refractivity (Wildman–Crippen MR) is 60.7 cm³/mol. The van der Waals surface area contributed by atoms with Crippen molar-refractivity contribution in [1.82, 2.24) is 14.7 Å². The van der Waals surface area contributed by atoms with Gasteiger partial charge >= 0.3 is 0 Å². The maximum Gasteiger partial charge on any atom is 0.259 e. The minimum atomic E-state index is -0.0440. The van der Waals surface area contributed by atoms with Crippen molar-refractivity contribution in [2.24, 2.45) is 12.8 Å². The van der Waals surface area contributed by atoms with Gasteiger partial charge in [0.1, 0.15) is 11.4 Å². The van der Waals surface area contributed by atoms with Crippen LogP contribution < -0.4 is 11.5 Å². The third-order valence-corrected chi connectivity index (χ3v) is 3.04. The highest BCUT2D eigenvalue weighted by molar-refractivity contribution is 5.98. The minimum Gasteiger partial charge on any atom is -0.383 e. The molecule has 0 saturated carbocycles. The number of aromatic nitrogens is 2. The SMILES string of the molecule is Cn1ncc(C(=O)N2CCC(N)CC2)c1N. The number of carbonyl (C=O) groups is 1. The number of nitrogen functional groups attached to an aromatic ring is 1. The highest BCUT2D eigenvalue weighted by atomic mass is 16.2. The lowest BCUT2D eigenvalue weighted by Gasteiger charge is -2.29. The molecule has 2 heterocycles. The molecule has 1 aromatic rings. The molecule has 1 saturated heterocycles. The fourth-order valence-electron chi connectivity index (χ4n) is 1.88. The van der Waals surface area contributed by atoms with Crippen molar-refractivity contribution in [3.63, 3.8) is 0 Å². The molecule has 4 N–H and O–H groups in total. The van der Waals surface area contributed by atoms with Gasteiger partial charge in [0, 0.05) is 26.2 Å². The summed E-state index contributed by atoms with van der Waals surface area (Å²) in [5.41, 5.74) is 12.0. The van der Waals surface area contributed by atoms with E-state index in [-0.39, 0.29) is 11.9 Å². The lowest BCUT2D eigenvalue weighted by Crippen LogP contribution is -2.42. The van der Waals surface area contributed by atoms with Crippen molar-refractivity contribution in [1.29, 1.82) is 0 Å². The molecule has 0 aliphatic carbocycles. The van der Waals surface area contributed by atoms with E-state index >= 15 is 0 Å². The number of hydrogen-bond donors (Lipinski definition) is 2. The summed E-state index contributed by atoms with van der Waals surface area (Å²) in [6.07, 6.45) is 3.23. The quantitative estimate of drug-likeness (QED) is 0.675. The zero-order chi connectivity index (χ0) is 11.7. The smallest absolute Gasteiger partial charge is 0.259 e. The number of nitrogens with zero attached hydrogens (tertiary/aromatic N) is 3. The van der Waals surface area contributed by atoms with E-state index < -0.39 is 0 Å². The van der Waals surface area contributed by atoms with E-state index in [1.54, 1.807) is 11.9 Å². The summed E-state index contributed by atoms with van der Waals surface area (Å²) in [5, 5.41) is 3.97. The van der Waals surface area contributed by atoms with Crippen LogP contribution in [-0.2, 0) is 7.05 Å². The fourth-order valence-corrected chi connectivity index (χ4v) is 1.88. The Kier molecular flexibility index (Phi) is 2.82. The maximum absolute atomic E-state index is 12.1. The highest BCUT2D eigenvalue weighted by Crippen LogP contribution is 2.16. The van der Waals surface area contributed by atoms with E-state index in [0.29, 0.717) is 24.5 Å². The van der Waals surface area contributed by atoms with Crippen molar-refractivity contribution in [3.05, 3.63) is 11.8 Å². The van der Waals surface area contributed by atoms with E-state index in [9.17, 15) is 4.79 Å².